The maximum atomic E-state index is 6.07. The van der Waals surface area contributed by atoms with E-state index in [2.05, 4.69) is 58.5 Å². The first-order chi connectivity index (χ1) is 12.2. The molecule has 4 heteroatoms. The zero-order chi connectivity index (χ0) is 17.5. The van der Waals surface area contributed by atoms with E-state index in [9.17, 15) is 0 Å². The lowest BCUT2D eigenvalue weighted by Crippen LogP contribution is -2.29. The smallest absolute Gasteiger partial charge is 0.193 e. The van der Waals surface area contributed by atoms with Crippen LogP contribution >= 0.6 is 0 Å². The lowest BCUT2D eigenvalue weighted by molar-refractivity contribution is 0.220. The molecule has 132 valence electrons. The van der Waals surface area contributed by atoms with Crippen molar-refractivity contribution in [2.75, 3.05) is 18.4 Å². The fraction of sp³-hybridized carbons (Fsp3) is 0.381. The molecule has 1 aliphatic rings. The van der Waals surface area contributed by atoms with Crippen LogP contribution in [0, 0.1) is 6.92 Å². The van der Waals surface area contributed by atoms with E-state index in [4.69, 9.17) is 5.73 Å². The van der Waals surface area contributed by atoms with Crippen molar-refractivity contribution >= 4 is 11.6 Å². The average Bonchev–Trinajstić information content (AvgIpc) is 2.62. The third-order valence-electron chi connectivity index (χ3n) is 4.67. The van der Waals surface area contributed by atoms with Crippen LogP contribution in [0.5, 0.6) is 0 Å². The zero-order valence-corrected chi connectivity index (χ0v) is 15.0. The summed E-state index contributed by atoms with van der Waals surface area (Å²) in [6, 6.07) is 16.7. The summed E-state index contributed by atoms with van der Waals surface area (Å²) in [5.74, 6) is 0.457. The van der Waals surface area contributed by atoms with Gasteiger partial charge in [0, 0.05) is 12.2 Å². The SMILES string of the molecule is Cc1cccc(NC(N)=NCc2ccccc2CN2CCCCC2)c1. The number of hydrogen-bond donors (Lipinski definition) is 2. The molecule has 0 spiro atoms. The van der Waals surface area contributed by atoms with E-state index in [-0.39, 0.29) is 0 Å². The van der Waals surface area contributed by atoms with Gasteiger partial charge in [-0.05, 0) is 61.7 Å². The normalized spacial score (nSPS) is 16.0. The Kier molecular flexibility index (Phi) is 6.07. The van der Waals surface area contributed by atoms with Gasteiger partial charge in [-0.3, -0.25) is 4.90 Å². The van der Waals surface area contributed by atoms with Gasteiger partial charge in [-0.15, -0.1) is 0 Å². The average molecular weight is 336 g/mol. The van der Waals surface area contributed by atoms with Crippen LogP contribution in [0.1, 0.15) is 36.0 Å². The molecule has 0 bridgehead atoms. The molecule has 0 unspecified atom stereocenters. The highest BCUT2D eigenvalue weighted by atomic mass is 15.1. The Hall–Kier alpha value is -2.33. The van der Waals surface area contributed by atoms with Crippen molar-refractivity contribution in [1.82, 2.24) is 4.90 Å². The number of hydrogen-bond acceptors (Lipinski definition) is 2. The van der Waals surface area contributed by atoms with Crippen LogP contribution in [0.4, 0.5) is 5.69 Å². The van der Waals surface area contributed by atoms with E-state index >= 15 is 0 Å². The fourth-order valence-electron chi connectivity index (χ4n) is 3.30. The molecule has 1 heterocycles. The van der Waals surface area contributed by atoms with E-state index in [0.29, 0.717) is 12.5 Å². The molecule has 0 saturated carbocycles. The summed E-state index contributed by atoms with van der Waals surface area (Å²) in [5.41, 5.74) is 10.8. The Bertz CT molecular complexity index is 717. The van der Waals surface area contributed by atoms with Crippen LogP contribution < -0.4 is 11.1 Å². The van der Waals surface area contributed by atoms with Crippen molar-refractivity contribution < 1.29 is 0 Å². The number of aliphatic imine (C=N–C) groups is 1. The summed E-state index contributed by atoms with van der Waals surface area (Å²) in [6.07, 6.45) is 3.99. The first-order valence-corrected chi connectivity index (χ1v) is 9.13. The van der Waals surface area contributed by atoms with Crippen molar-refractivity contribution in [3.05, 3.63) is 65.2 Å². The van der Waals surface area contributed by atoms with Crippen molar-refractivity contribution in [3.63, 3.8) is 0 Å². The number of anilines is 1. The molecule has 1 aliphatic heterocycles. The van der Waals surface area contributed by atoms with Gasteiger partial charge in [0.25, 0.3) is 0 Å². The monoisotopic (exact) mass is 336 g/mol. The zero-order valence-electron chi connectivity index (χ0n) is 15.0. The van der Waals surface area contributed by atoms with Crippen LogP contribution in [-0.4, -0.2) is 23.9 Å². The summed E-state index contributed by atoms with van der Waals surface area (Å²) in [5, 5.41) is 3.17. The molecule has 0 radical (unpaired) electrons. The summed E-state index contributed by atoms with van der Waals surface area (Å²) in [7, 11) is 0. The predicted molar refractivity (Wildman–Crippen MR) is 106 cm³/mol. The fourth-order valence-corrected chi connectivity index (χ4v) is 3.30. The molecule has 0 aliphatic carbocycles. The second kappa shape index (κ2) is 8.67. The Morgan fingerprint density at radius 1 is 1.04 bits per heavy atom. The Balaban J connectivity index is 1.63. The molecular formula is C21H28N4. The van der Waals surface area contributed by atoms with E-state index in [1.807, 2.05) is 12.1 Å². The summed E-state index contributed by atoms with van der Waals surface area (Å²) in [4.78, 5) is 7.08. The van der Waals surface area contributed by atoms with Crippen molar-refractivity contribution in [3.8, 4) is 0 Å². The minimum Gasteiger partial charge on any atom is -0.370 e. The van der Waals surface area contributed by atoms with Crippen molar-refractivity contribution in [1.29, 1.82) is 0 Å². The predicted octanol–water partition coefficient (Wildman–Crippen LogP) is 3.91. The highest BCUT2D eigenvalue weighted by Crippen LogP contribution is 2.17. The summed E-state index contributed by atoms with van der Waals surface area (Å²) >= 11 is 0. The van der Waals surface area contributed by atoms with Gasteiger partial charge in [-0.2, -0.15) is 0 Å². The maximum Gasteiger partial charge on any atom is 0.193 e. The Morgan fingerprint density at radius 3 is 2.56 bits per heavy atom. The second-order valence-corrected chi connectivity index (χ2v) is 6.80. The van der Waals surface area contributed by atoms with Gasteiger partial charge in [0.2, 0.25) is 0 Å². The minimum atomic E-state index is 0.457. The van der Waals surface area contributed by atoms with Gasteiger partial charge in [0.15, 0.2) is 5.96 Å². The van der Waals surface area contributed by atoms with Crippen molar-refractivity contribution in [2.24, 2.45) is 10.7 Å². The number of rotatable bonds is 5. The van der Waals surface area contributed by atoms with Crippen LogP contribution in [0.25, 0.3) is 0 Å². The van der Waals surface area contributed by atoms with Crippen LogP contribution in [0.2, 0.25) is 0 Å². The molecular weight excluding hydrogens is 308 g/mol. The third-order valence-corrected chi connectivity index (χ3v) is 4.67. The number of nitrogens with one attached hydrogen (secondary N) is 1. The number of piperidine rings is 1. The topological polar surface area (TPSA) is 53.6 Å². The van der Waals surface area contributed by atoms with Crippen molar-refractivity contribution in [2.45, 2.75) is 39.3 Å². The minimum absolute atomic E-state index is 0.457. The maximum absolute atomic E-state index is 6.07. The highest BCUT2D eigenvalue weighted by Gasteiger charge is 2.12. The molecule has 3 rings (SSSR count). The quantitative estimate of drug-likeness (QED) is 0.643. The molecule has 2 aromatic carbocycles. The molecule has 0 aromatic heterocycles. The number of benzene rings is 2. The number of likely N-dealkylation sites (tertiary alicyclic amines) is 1. The van der Waals surface area contributed by atoms with E-state index < -0.39 is 0 Å². The lowest BCUT2D eigenvalue weighted by atomic mass is 10.1. The molecule has 0 amide bonds. The van der Waals surface area contributed by atoms with Gasteiger partial charge < -0.3 is 11.1 Å². The van der Waals surface area contributed by atoms with Gasteiger partial charge in [-0.1, -0.05) is 42.8 Å². The molecule has 1 saturated heterocycles. The molecule has 2 aromatic rings. The van der Waals surface area contributed by atoms with Gasteiger partial charge in [0.05, 0.1) is 6.54 Å². The van der Waals surface area contributed by atoms with Gasteiger partial charge in [-0.25, -0.2) is 4.99 Å². The molecule has 0 atom stereocenters. The van der Waals surface area contributed by atoms with Crippen LogP contribution in [-0.2, 0) is 13.1 Å². The van der Waals surface area contributed by atoms with Gasteiger partial charge >= 0.3 is 0 Å². The van der Waals surface area contributed by atoms with Crippen LogP contribution in [0.3, 0.4) is 0 Å². The first kappa shape index (κ1) is 17.5. The number of nitrogens with zero attached hydrogens (tertiary/aromatic N) is 2. The second-order valence-electron chi connectivity index (χ2n) is 6.80. The van der Waals surface area contributed by atoms with Crippen LogP contribution in [0.15, 0.2) is 53.5 Å². The number of nitrogens with two attached hydrogens (primary N) is 1. The number of guanidine groups is 1. The third kappa shape index (κ3) is 5.33. The molecule has 25 heavy (non-hydrogen) atoms. The standard InChI is InChI=1S/C21H28N4/c1-17-8-7-11-20(14-17)24-21(22)23-15-18-9-3-4-10-19(18)16-25-12-5-2-6-13-25/h3-4,7-11,14H,2,5-6,12-13,15-16H2,1H3,(H3,22,23,24). The molecule has 1 fully saturated rings. The molecule has 3 N–H and O–H groups in total. The largest absolute Gasteiger partial charge is 0.370 e. The highest BCUT2D eigenvalue weighted by molar-refractivity contribution is 5.92. The summed E-state index contributed by atoms with van der Waals surface area (Å²) < 4.78 is 0. The van der Waals surface area contributed by atoms with Gasteiger partial charge in [0.1, 0.15) is 0 Å². The van der Waals surface area contributed by atoms with E-state index in [1.54, 1.807) is 0 Å². The lowest BCUT2D eigenvalue weighted by Gasteiger charge is -2.27. The first-order valence-electron chi connectivity index (χ1n) is 9.13. The van der Waals surface area contributed by atoms with E-state index in [0.717, 1.165) is 12.2 Å². The molecule has 4 nitrogen and oxygen atoms in total. The Labute approximate surface area is 150 Å². The summed E-state index contributed by atoms with van der Waals surface area (Å²) in [6.45, 7) is 6.09. The number of aryl methyl sites for hydroxylation is 1. The Morgan fingerprint density at radius 2 is 1.80 bits per heavy atom. The van der Waals surface area contributed by atoms with E-state index in [1.165, 1.54) is 49.0 Å².